The van der Waals surface area contributed by atoms with E-state index in [1.54, 1.807) is 0 Å². The second-order valence-electron chi connectivity index (χ2n) is 3.42. The molecule has 13 heavy (non-hydrogen) atoms. The summed E-state index contributed by atoms with van der Waals surface area (Å²) in [6.45, 7) is 4.36. The van der Waals surface area contributed by atoms with E-state index in [0.717, 1.165) is 6.42 Å². The van der Waals surface area contributed by atoms with Crippen LogP contribution in [0.15, 0.2) is 23.3 Å². The second-order valence-corrected chi connectivity index (χ2v) is 4.71. The van der Waals surface area contributed by atoms with Crippen molar-refractivity contribution in [1.29, 1.82) is 0 Å². The first-order valence-corrected chi connectivity index (χ1v) is 5.34. The van der Waals surface area contributed by atoms with Gasteiger partial charge in [-0.1, -0.05) is 6.08 Å². The van der Waals surface area contributed by atoms with Gasteiger partial charge in [-0.3, -0.25) is 4.99 Å². The van der Waals surface area contributed by atoms with E-state index in [0.29, 0.717) is 5.92 Å². The van der Waals surface area contributed by atoms with E-state index in [9.17, 15) is 0 Å². The van der Waals surface area contributed by atoms with E-state index in [2.05, 4.69) is 31.0 Å². The molecule has 0 aliphatic carbocycles. The molecule has 0 radical (unpaired) electrons. The van der Waals surface area contributed by atoms with Crippen molar-refractivity contribution in [3.63, 3.8) is 0 Å². The Balaban J connectivity index is 2.30. The molecule has 0 saturated carbocycles. The number of allylic oxidation sites excluding steroid dienone is 1. The van der Waals surface area contributed by atoms with Crippen molar-refractivity contribution in [1.82, 2.24) is 0 Å². The summed E-state index contributed by atoms with van der Waals surface area (Å²) in [6.07, 6.45) is 7.15. The van der Waals surface area contributed by atoms with Crippen molar-refractivity contribution in [3.8, 4) is 0 Å². The van der Waals surface area contributed by atoms with E-state index in [4.69, 9.17) is 0 Å². The molecule has 2 heterocycles. The number of rotatable bonds is 1. The Kier molecular flexibility index (Phi) is 2.32. The first-order valence-electron chi connectivity index (χ1n) is 4.52. The van der Waals surface area contributed by atoms with Gasteiger partial charge in [-0.05, 0) is 31.9 Å². The van der Waals surface area contributed by atoms with Gasteiger partial charge in [0.25, 0.3) is 0 Å². The van der Waals surface area contributed by atoms with Gasteiger partial charge in [0.1, 0.15) is 0 Å². The van der Waals surface area contributed by atoms with Gasteiger partial charge in [-0.15, -0.1) is 11.3 Å². The quantitative estimate of drug-likeness (QED) is 0.645. The van der Waals surface area contributed by atoms with E-state index < -0.39 is 0 Å². The molecule has 0 N–H and O–H groups in total. The summed E-state index contributed by atoms with van der Waals surface area (Å²) in [7, 11) is 0. The van der Waals surface area contributed by atoms with Crippen LogP contribution in [0.2, 0.25) is 0 Å². The van der Waals surface area contributed by atoms with Crippen LogP contribution < -0.4 is 0 Å². The third kappa shape index (κ3) is 1.73. The summed E-state index contributed by atoms with van der Waals surface area (Å²) >= 11 is 1.91. The van der Waals surface area contributed by atoms with Crippen LogP contribution in [-0.4, -0.2) is 6.21 Å². The largest absolute Gasteiger partial charge is 0.269 e. The van der Waals surface area contributed by atoms with Gasteiger partial charge >= 0.3 is 0 Å². The first-order chi connectivity index (χ1) is 6.27. The maximum Gasteiger partial charge on any atom is 0.0230 e. The van der Waals surface area contributed by atoms with Crippen LogP contribution in [0.25, 0.3) is 0 Å². The highest BCUT2D eigenvalue weighted by Crippen LogP contribution is 2.32. The number of thiophene rings is 1. The standard InChI is InChI=1S/C11H13NS/c1-8-7-9(2)13-11(8)10-3-5-12-6-4-10/h3,5-7,10H,4H2,1-2H3. The fourth-order valence-electron chi connectivity index (χ4n) is 1.69. The SMILES string of the molecule is Cc1cc(C)c(C2C=CN=CC2)s1. The van der Waals surface area contributed by atoms with Crippen molar-refractivity contribution in [3.05, 3.63) is 33.7 Å². The Morgan fingerprint density at radius 2 is 2.31 bits per heavy atom. The highest BCUT2D eigenvalue weighted by Gasteiger charge is 2.13. The molecule has 1 aliphatic heterocycles. The van der Waals surface area contributed by atoms with Crippen LogP contribution in [0.4, 0.5) is 0 Å². The Bertz CT molecular complexity index is 360. The van der Waals surface area contributed by atoms with E-state index in [1.807, 2.05) is 23.8 Å². The van der Waals surface area contributed by atoms with Gasteiger partial charge in [-0.2, -0.15) is 0 Å². The van der Waals surface area contributed by atoms with E-state index in [-0.39, 0.29) is 0 Å². The molecule has 0 amide bonds. The molecule has 68 valence electrons. The summed E-state index contributed by atoms with van der Waals surface area (Å²) in [5.74, 6) is 0.566. The summed E-state index contributed by atoms with van der Waals surface area (Å²) in [5.41, 5.74) is 1.42. The highest BCUT2D eigenvalue weighted by atomic mass is 32.1. The molecule has 0 fully saturated rings. The zero-order valence-corrected chi connectivity index (χ0v) is 8.77. The molecule has 0 bridgehead atoms. The maximum absolute atomic E-state index is 4.09. The van der Waals surface area contributed by atoms with E-state index >= 15 is 0 Å². The second kappa shape index (κ2) is 3.46. The fraction of sp³-hybridized carbons (Fsp3) is 0.364. The Hall–Kier alpha value is -0.890. The number of hydrogen-bond acceptors (Lipinski definition) is 2. The zero-order chi connectivity index (χ0) is 9.26. The monoisotopic (exact) mass is 191 g/mol. The average Bonchev–Trinajstić information content (AvgIpc) is 2.47. The smallest absolute Gasteiger partial charge is 0.0230 e. The summed E-state index contributed by atoms with van der Waals surface area (Å²) in [6, 6.07) is 2.26. The molecule has 1 aromatic heterocycles. The summed E-state index contributed by atoms with van der Waals surface area (Å²) < 4.78 is 0. The minimum Gasteiger partial charge on any atom is -0.269 e. The molecule has 1 nitrogen and oxygen atoms in total. The highest BCUT2D eigenvalue weighted by molar-refractivity contribution is 7.12. The van der Waals surface area contributed by atoms with Crippen LogP contribution in [0.5, 0.6) is 0 Å². The van der Waals surface area contributed by atoms with Crippen molar-refractivity contribution >= 4 is 17.6 Å². The van der Waals surface area contributed by atoms with Gasteiger partial charge in [0.2, 0.25) is 0 Å². The van der Waals surface area contributed by atoms with Gasteiger partial charge in [0.05, 0.1) is 0 Å². The number of nitrogens with zero attached hydrogens (tertiary/aromatic N) is 1. The lowest BCUT2D eigenvalue weighted by Gasteiger charge is -2.11. The molecule has 0 saturated heterocycles. The molecule has 2 heteroatoms. The number of aryl methyl sites for hydroxylation is 2. The van der Waals surface area contributed by atoms with Crippen molar-refractivity contribution in [2.24, 2.45) is 4.99 Å². The Morgan fingerprint density at radius 3 is 2.85 bits per heavy atom. The predicted octanol–water partition coefficient (Wildman–Crippen LogP) is 3.44. The van der Waals surface area contributed by atoms with Crippen LogP contribution in [0.3, 0.4) is 0 Å². The van der Waals surface area contributed by atoms with Gasteiger partial charge in [-0.25, -0.2) is 0 Å². The molecule has 1 atom stereocenters. The molecule has 1 aliphatic rings. The molecule has 2 rings (SSSR count). The normalized spacial score (nSPS) is 20.9. The molecule has 1 aromatic rings. The Morgan fingerprint density at radius 1 is 1.46 bits per heavy atom. The van der Waals surface area contributed by atoms with Crippen LogP contribution in [0, 0.1) is 13.8 Å². The minimum atomic E-state index is 0.566. The van der Waals surface area contributed by atoms with Crippen LogP contribution in [0.1, 0.15) is 27.7 Å². The molecule has 0 spiro atoms. The summed E-state index contributed by atoms with van der Waals surface area (Å²) in [5, 5.41) is 0. The molecular formula is C11H13NS. The molecule has 1 unspecified atom stereocenters. The topological polar surface area (TPSA) is 12.4 Å². The van der Waals surface area contributed by atoms with Crippen molar-refractivity contribution in [2.75, 3.05) is 0 Å². The minimum absolute atomic E-state index is 0.566. The van der Waals surface area contributed by atoms with Crippen LogP contribution in [-0.2, 0) is 0 Å². The van der Waals surface area contributed by atoms with Gasteiger partial charge in [0, 0.05) is 28.1 Å². The summed E-state index contributed by atoms with van der Waals surface area (Å²) in [4.78, 5) is 6.99. The zero-order valence-electron chi connectivity index (χ0n) is 7.95. The van der Waals surface area contributed by atoms with Gasteiger partial charge in [0.15, 0.2) is 0 Å². The van der Waals surface area contributed by atoms with Crippen molar-refractivity contribution in [2.45, 2.75) is 26.2 Å². The molecule has 0 aromatic carbocycles. The Labute approximate surface area is 82.8 Å². The lowest BCUT2D eigenvalue weighted by atomic mass is 10.0. The lowest BCUT2D eigenvalue weighted by molar-refractivity contribution is 0.901. The van der Waals surface area contributed by atoms with Gasteiger partial charge < -0.3 is 0 Å². The van der Waals surface area contributed by atoms with Crippen molar-refractivity contribution < 1.29 is 0 Å². The third-order valence-corrected chi connectivity index (χ3v) is 3.57. The van der Waals surface area contributed by atoms with E-state index in [1.165, 1.54) is 15.3 Å². The lowest BCUT2D eigenvalue weighted by Crippen LogP contribution is -1.97. The van der Waals surface area contributed by atoms with Crippen LogP contribution >= 0.6 is 11.3 Å². The maximum atomic E-state index is 4.09. The fourth-order valence-corrected chi connectivity index (χ4v) is 2.82. The number of hydrogen-bond donors (Lipinski definition) is 0. The first kappa shape index (κ1) is 8.70. The predicted molar refractivity (Wildman–Crippen MR) is 58.8 cm³/mol. The average molecular weight is 191 g/mol. The molecular weight excluding hydrogens is 178 g/mol. The number of aliphatic imine (C=N–C) groups is 1. The third-order valence-electron chi connectivity index (χ3n) is 2.29.